The Morgan fingerprint density at radius 2 is 2.12 bits per heavy atom. The molecule has 1 aromatic carbocycles. The van der Waals surface area contributed by atoms with E-state index < -0.39 is 12.1 Å². The summed E-state index contributed by atoms with van der Waals surface area (Å²) in [5, 5.41) is 3.89. The zero-order chi connectivity index (χ0) is 17.8. The SMILES string of the molecule is COc1cc(C(=O)O[C@@H](C)c2nc(-c3cccnc3)no2)ccc1C. The van der Waals surface area contributed by atoms with E-state index in [0.29, 0.717) is 17.1 Å². The van der Waals surface area contributed by atoms with Gasteiger partial charge in [0.2, 0.25) is 5.82 Å². The van der Waals surface area contributed by atoms with E-state index in [4.69, 9.17) is 14.0 Å². The first-order valence-corrected chi connectivity index (χ1v) is 7.68. The van der Waals surface area contributed by atoms with E-state index in [1.165, 1.54) is 0 Å². The number of carbonyl (C=O) groups is 1. The monoisotopic (exact) mass is 339 g/mol. The number of hydrogen-bond donors (Lipinski definition) is 0. The van der Waals surface area contributed by atoms with Crippen molar-refractivity contribution in [2.45, 2.75) is 20.0 Å². The predicted molar refractivity (Wildman–Crippen MR) is 89.1 cm³/mol. The molecule has 0 unspecified atom stereocenters. The van der Waals surface area contributed by atoms with Crippen LogP contribution in [0.5, 0.6) is 5.75 Å². The maximum atomic E-state index is 12.3. The van der Waals surface area contributed by atoms with Crippen molar-refractivity contribution in [1.29, 1.82) is 0 Å². The van der Waals surface area contributed by atoms with Gasteiger partial charge in [0.1, 0.15) is 5.75 Å². The van der Waals surface area contributed by atoms with E-state index in [1.54, 1.807) is 50.7 Å². The lowest BCUT2D eigenvalue weighted by atomic mass is 10.1. The molecular formula is C18H17N3O4. The third-order valence-electron chi connectivity index (χ3n) is 3.64. The van der Waals surface area contributed by atoms with Gasteiger partial charge in [0.25, 0.3) is 5.89 Å². The summed E-state index contributed by atoms with van der Waals surface area (Å²) in [6, 6.07) is 8.71. The summed E-state index contributed by atoms with van der Waals surface area (Å²) in [5.41, 5.74) is 2.05. The molecule has 0 aliphatic rings. The van der Waals surface area contributed by atoms with Crippen LogP contribution in [0.2, 0.25) is 0 Å². The van der Waals surface area contributed by atoms with Gasteiger partial charge in [0.15, 0.2) is 6.10 Å². The van der Waals surface area contributed by atoms with Gasteiger partial charge in [-0.2, -0.15) is 4.98 Å². The molecule has 3 aromatic rings. The second kappa shape index (κ2) is 7.12. The summed E-state index contributed by atoms with van der Waals surface area (Å²) >= 11 is 0. The largest absolute Gasteiger partial charge is 0.496 e. The topological polar surface area (TPSA) is 87.3 Å². The van der Waals surface area contributed by atoms with E-state index >= 15 is 0 Å². The zero-order valence-corrected chi connectivity index (χ0v) is 14.1. The number of nitrogens with zero attached hydrogens (tertiary/aromatic N) is 3. The van der Waals surface area contributed by atoms with Crippen LogP contribution in [0, 0.1) is 6.92 Å². The van der Waals surface area contributed by atoms with Crippen LogP contribution in [0.3, 0.4) is 0 Å². The number of benzene rings is 1. The molecule has 0 aliphatic heterocycles. The summed E-state index contributed by atoms with van der Waals surface area (Å²) in [5.74, 6) is 0.736. The Balaban J connectivity index is 1.73. The Morgan fingerprint density at radius 1 is 1.28 bits per heavy atom. The molecule has 25 heavy (non-hydrogen) atoms. The van der Waals surface area contributed by atoms with Gasteiger partial charge >= 0.3 is 5.97 Å². The van der Waals surface area contributed by atoms with Crippen molar-refractivity contribution < 1.29 is 18.8 Å². The van der Waals surface area contributed by atoms with Gasteiger partial charge in [0, 0.05) is 18.0 Å². The van der Waals surface area contributed by atoms with Gasteiger partial charge in [-0.05, 0) is 43.7 Å². The van der Waals surface area contributed by atoms with E-state index in [1.807, 2.05) is 13.0 Å². The minimum absolute atomic E-state index is 0.214. The molecule has 1 atom stereocenters. The average molecular weight is 339 g/mol. The van der Waals surface area contributed by atoms with Crippen LogP contribution < -0.4 is 4.74 Å². The van der Waals surface area contributed by atoms with Crippen molar-refractivity contribution in [2.24, 2.45) is 0 Å². The van der Waals surface area contributed by atoms with Crippen LogP contribution in [0.1, 0.15) is 34.8 Å². The molecule has 2 aromatic heterocycles. The third kappa shape index (κ3) is 3.65. The Kier molecular flexibility index (Phi) is 4.74. The fourth-order valence-corrected chi connectivity index (χ4v) is 2.24. The van der Waals surface area contributed by atoms with Crippen molar-refractivity contribution >= 4 is 5.97 Å². The molecule has 0 fully saturated rings. The van der Waals surface area contributed by atoms with Gasteiger partial charge in [0.05, 0.1) is 12.7 Å². The zero-order valence-electron chi connectivity index (χ0n) is 14.1. The second-order valence-corrected chi connectivity index (χ2v) is 5.43. The first-order valence-electron chi connectivity index (χ1n) is 7.68. The quantitative estimate of drug-likeness (QED) is 0.659. The molecule has 0 spiro atoms. The lowest BCUT2D eigenvalue weighted by molar-refractivity contribution is 0.0265. The average Bonchev–Trinajstić information content (AvgIpc) is 3.13. The molecule has 0 saturated carbocycles. The normalized spacial score (nSPS) is 11.8. The second-order valence-electron chi connectivity index (χ2n) is 5.43. The highest BCUT2D eigenvalue weighted by atomic mass is 16.6. The van der Waals surface area contributed by atoms with Crippen molar-refractivity contribution in [3.8, 4) is 17.1 Å². The summed E-state index contributed by atoms with van der Waals surface area (Å²) in [6.07, 6.45) is 2.60. The standard InChI is InChI=1S/C18H17N3O4/c1-11-6-7-13(9-15(11)23-3)18(22)24-12(2)17-20-16(21-25-17)14-5-4-8-19-10-14/h4-10,12H,1-3H3/t12-/m0/s1. The van der Waals surface area contributed by atoms with E-state index in [0.717, 1.165) is 11.1 Å². The third-order valence-corrected chi connectivity index (χ3v) is 3.64. The number of aryl methyl sites for hydroxylation is 1. The lowest BCUT2D eigenvalue weighted by Gasteiger charge is -2.11. The highest BCUT2D eigenvalue weighted by Gasteiger charge is 2.20. The molecule has 7 nitrogen and oxygen atoms in total. The van der Waals surface area contributed by atoms with Crippen LogP contribution >= 0.6 is 0 Å². The Hall–Kier alpha value is -3.22. The molecule has 0 N–H and O–H groups in total. The Bertz CT molecular complexity index is 877. The number of ether oxygens (including phenoxy) is 2. The summed E-state index contributed by atoms with van der Waals surface area (Å²) in [6.45, 7) is 3.57. The first kappa shape index (κ1) is 16.6. The lowest BCUT2D eigenvalue weighted by Crippen LogP contribution is -2.10. The number of rotatable bonds is 5. The molecule has 7 heteroatoms. The number of esters is 1. The molecule has 0 aliphatic carbocycles. The Labute approximate surface area is 144 Å². The summed E-state index contributed by atoms with van der Waals surface area (Å²) < 4.78 is 15.8. The van der Waals surface area contributed by atoms with Crippen LogP contribution in [-0.4, -0.2) is 28.2 Å². The molecular weight excluding hydrogens is 322 g/mol. The summed E-state index contributed by atoms with van der Waals surface area (Å²) in [7, 11) is 1.55. The minimum atomic E-state index is -0.683. The molecule has 3 rings (SSSR count). The number of aromatic nitrogens is 3. The van der Waals surface area contributed by atoms with Crippen LogP contribution in [0.15, 0.2) is 47.2 Å². The van der Waals surface area contributed by atoms with E-state index in [2.05, 4.69) is 15.1 Å². The van der Waals surface area contributed by atoms with Crippen molar-refractivity contribution in [2.75, 3.05) is 7.11 Å². The van der Waals surface area contributed by atoms with E-state index in [9.17, 15) is 4.79 Å². The van der Waals surface area contributed by atoms with Gasteiger partial charge in [-0.1, -0.05) is 11.2 Å². The fourth-order valence-electron chi connectivity index (χ4n) is 2.24. The molecule has 0 amide bonds. The first-order chi connectivity index (χ1) is 12.1. The summed E-state index contributed by atoms with van der Waals surface area (Å²) in [4.78, 5) is 20.6. The van der Waals surface area contributed by atoms with Crippen molar-refractivity contribution in [3.05, 3.63) is 59.7 Å². The maximum Gasteiger partial charge on any atom is 0.339 e. The highest BCUT2D eigenvalue weighted by Crippen LogP contribution is 2.23. The van der Waals surface area contributed by atoms with Crippen molar-refractivity contribution in [1.82, 2.24) is 15.1 Å². The molecule has 128 valence electrons. The number of hydrogen-bond acceptors (Lipinski definition) is 7. The predicted octanol–water partition coefficient (Wildman–Crippen LogP) is 3.37. The molecule has 0 saturated heterocycles. The van der Waals surface area contributed by atoms with Crippen LogP contribution in [0.4, 0.5) is 0 Å². The van der Waals surface area contributed by atoms with Crippen LogP contribution in [-0.2, 0) is 4.74 Å². The maximum absolute atomic E-state index is 12.3. The smallest absolute Gasteiger partial charge is 0.339 e. The number of carbonyl (C=O) groups excluding carboxylic acids is 1. The molecule has 0 bridgehead atoms. The van der Waals surface area contributed by atoms with Gasteiger partial charge in [-0.3, -0.25) is 4.98 Å². The highest BCUT2D eigenvalue weighted by molar-refractivity contribution is 5.90. The van der Waals surface area contributed by atoms with Crippen molar-refractivity contribution in [3.63, 3.8) is 0 Å². The van der Waals surface area contributed by atoms with Gasteiger partial charge < -0.3 is 14.0 Å². The minimum Gasteiger partial charge on any atom is -0.496 e. The van der Waals surface area contributed by atoms with Crippen LogP contribution in [0.25, 0.3) is 11.4 Å². The molecule has 2 heterocycles. The Morgan fingerprint density at radius 3 is 2.84 bits per heavy atom. The number of methoxy groups -OCH3 is 1. The van der Waals surface area contributed by atoms with Gasteiger partial charge in [-0.25, -0.2) is 4.79 Å². The molecule has 0 radical (unpaired) electrons. The fraction of sp³-hybridized carbons (Fsp3) is 0.222. The van der Waals surface area contributed by atoms with E-state index in [-0.39, 0.29) is 5.89 Å². The van der Waals surface area contributed by atoms with Gasteiger partial charge in [-0.15, -0.1) is 0 Å². The number of pyridine rings is 1.